The number of hydrogen-bond donors (Lipinski definition) is 2. The fraction of sp³-hybridized carbons (Fsp3) is 0.0588. The molecule has 0 aliphatic heterocycles. The Labute approximate surface area is 140 Å². The van der Waals surface area contributed by atoms with Crippen LogP contribution in [0.4, 0.5) is 5.13 Å². The molecule has 0 unspecified atom stereocenters. The van der Waals surface area contributed by atoms with Crippen molar-refractivity contribution in [2.75, 3.05) is 11.1 Å². The number of aromatic nitrogens is 2. The lowest BCUT2D eigenvalue weighted by Gasteiger charge is -2.01. The second-order valence-electron chi connectivity index (χ2n) is 5.02. The van der Waals surface area contributed by atoms with Gasteiger partial charge in [0, 0.05) is 22.0 Å². The van der Waals surface area contributed by atoms with Crippen LogP contribution in [0.25, 0.3) is 21.1 Å². The number of fused-ring (bicyclic) bond motifs is 2. The van der Waals surface area contributed by atoms with Gasteiger partial charge in [-0.05, 0) is 18.2 Å². The third-order valence-corrected chi connectivity index (χ3v) is 5.46. The largest absolute Gasteiger partial charge is 0.360 e. The van der Waals surface area contributed by atoms with Gasteiger partial charge in [-0.15, -0.1) is 11.8 Å². The van der Waals surface area contributed by atoms with Gasteiger partial charge in [-0.1, -0.05) is 41.7 Å². The van der Waals surface area contributed by atoms with Crippen LogP contribution in [0.15, 0.2) is 59.6 Å². The van der Waals surface area contributed by atoms with E-state index in [9.17, 15) is 4.79 Å². The van der Waals surface area contributed by atoms with Gasteiger partial charge < -0.3 is 10.3 Å². The Morgan fingerprint density at radius 3 is 2.91 bits per heavy atom. The first-order valence-corrected chi connectivity index (χ1v) is 8.94. The monoisotopic (exact) mass is 339 g/mol. The zero-order valence-electron chi connectivity index (χ0n) is 12.1. The predicted molar refractivity (Wildman–Crippen MR) is 97.3 cm³/mol. The molecule has 0 saturated carbocycles. The highest BCUT2D eigenvalue weighted by atomic mass is 32.2. The Morgan fingerprint density at radius 1 is 1.17 bits per heavy atom. The number of para-hydroxylation sites is 2. The second kappa shape index (κ2) is 6.06. The van der Waals surface area contributed by atoms with Gasteiger partial charge in [-0.2, -0.15) is 0 Å². The first-order valence-electron chi connectivity index (χ1n) is 7.14. The van der Waals surface area contributed by atoms with Gasteiger partial charge in [0.2, 0.25) is 5.91 Å². The van der Waals surface area contributed by atoms with E-state index in [0.717, 1.165) is 26.0 Å². The van der Waals surface area contributed by atoms with Crippen molar-refractivity contribution >= 4 is 55.3 Å². The molecule has 0 saturated heterocycles. The summed E-state index contributed by atoms with van der Waals surface area (Å²) in [6, 6.07) is 15.9. The fourth-order valence-corrected chi connectivity index (χ4v) is 4.11. The van der Waals surface area contributed by atoms with Crippen molar-refractivity contribution in [2.24, 2.45) is 0 Å². The maximum absolute atomic E-state index is 12.1. The van der Waals surface area contributed by atoms with Gasteiger partial charge in [0.1, 0.15) is 0 Å². The molecule has 2 N–H and O–H groups in total. The van der Waals surface area contributed by atoms with Crippen molar-refractivity contribution in [2.45, 2.75) is 4.90 Å². The summed E-state index contributed by atoms with van der Waals surface area (Å²) in [6.45, 7) is 0. The highest BCUT2D eigenvalue weighted by Gasteiger charge is 2.10. The Balaban J connectivity index is 1.43. The van der Waals surface area contributed by atoms with Crippen molar-refractivity contribution in [1.82, 2.24) is 9.97 Å². The van der Waals surface area contributed by atoms with E-state index in [4.69, 9.17) is 0 Å². The SMILES string of the molecule is O=C(CSc1c[nH]c2ccccc12)Nc1nc2ccccc2s1. The van der Waals surface area contributed by atoms with Crippen LogP contribution in [0.3, 0.4) is 0 Å². The predicted octanol–water partition coefficient (Wildman–Crippen LogP) is 4.51. The molecule has 0 aliphatic rings. The maximum Gasteiger partial charge on any atom is 0.236 e. The number of rotatable bonds is 4. The molecule has 2 aromatic carbocycles. The summed E-state index contributed by atoms with van der Waals surface area (Å²) in [6.07, 6.45) is 1.94. The molecule has 0 radical (unpaired) electrons. The minimum atomic E-state index is -0.0423. The number of nitrogens with zero attached hydrogens (tertiary/aromatic N) is 1. The van der Waals surface area contributed by atoms with Gasteiger partial charge >= 0.3 is 0 Å². The topological polar surface area (TPSA) is 57.8 Å². The van der Waals surface area contributed by atoms with E-state index in [-0.39, 0.29) is 5.91 Å². The van der Waals surface area contributed by atoms with Gasteiger partial charge in [-0.3, -0.25) is 4.79 Å². The summed E-state index contributed by atoms with van der Waals surface area (Å²) in [4.78, 5) is 20.9. The third-order valence-electron chi connectivity index (χ3n) is 3.45. The number of thioether (sulfide) groups is 1. The summed E-state index contributed by atoms with van der Waals surface area (Å²) < 4.78 is 1.08. The average molecular weight is 339 g/mol. The zero-order valence-corrected chi connectivity index (χ0v) is 13.7. The van der Waals surface area contributed by atoms with E-state index in [1.807, 2.05) is 48.7 Å². The highest BCUT2D eigenvalue weighted by molar-refractivity contribution is 8.00. The van der Waals surface area contributed by atoms with Crippen LogP contribution in [-0.2, 0) is 4.79 Å². The molecule has 6 heteroatoms. The van der Waals surface area contributed by atoms with E-state index in [0.29, 0.717) is 10.9 Å². The van der Waals surface area contributed by atoms with Crippen LogP contribution in [0.5, 0.6) is 0 Å². The fourth-order valence-electron chi connectivity index (χ4n) is 2.39. The van der Waals surface area contributed by atoms with Crippen molar-refractivity contribution < 1.29 is 4.79 Å². The van der Waals surface area contributed by atoms with Crippen molar-refractivity contribution in [1.29, 1.82) is 0 Å². The number of thiazole rings is 1. The normalized spacial score (nSPS) is 11.1. The van der Waals surface area contributed by atoms with Crippen LogP contribution in [0.1, 0.15) is 0 Å². The number of aromatic amines is 1. The van der Waals surface area contributed by atoms with Crippen molar-refractivity contribution in [3.8, 4) is 0 Å². The minimum Gasteiger partial charge on any atom is -0.360 e. The molecule has 114 valence electrons. The number of anilines is 1. The number of carbonyl (C=O) groups is 1. The molecule has 4 aromatic rings. The summed E-state index contributed by atoms with van der Waals surface area (Å²) in [5.41, 5.74) is 2.00. The molecule has 2 aromatic heterocycles. The van der Waals surface area contributed by atoms with E-state index >= 15 is 0 Å². The molecule has 1 amide bonds. The summed E-state index contributed by atoms with van der Waals surface area (Å²) in [5, 5.41) is 4.67. The molecule has 0 atom stereocenters. The molecular formula is C17H13N3OS2. The molecule has 4 nitrogen and oxygen atoms in total. The smallest absolute Gasteiger partial charge is 0.236 e. The summed E-state index contributed by atoms with van der Waals surface area (Å²) in [7, 11) is 0. The first-order chi connectivity index (χ1) is 11.3. The van der Waals surface area contributed by atoms with Gasteiger partial charge in [0.15, 0.2) is 5.13 Å². The molecule has 4 rings (SSSR count). The maximum atomic E-state index is 12.1. The van der Waals surface area contributed by atoms with Crippen molar-refractivity contribution in [3.05, 3.63) is 54.7 Å². The molecule has 0 aliphatic carbocycles. The van der Waals surface area contributed by atoms with Gasteiger partial charge in [-0.25, -0.2) is 4.98 Å². The highest BCUT2D eigenvalue weighted by Crippen LogP contribution is 2.28. The number of nitrogens with one attached hydrogen (secondary N) is 2. The first kappa shape index (κ1) is 14.3. The quantitative estimate of drug-likeness (QED) is 0.538. The molecule has 2 heterocycles. The zero-order chi connectivity index (χ0) is 15.6. The lowest BCUT2D eigenvalue weighted by molar-refractivity contribution is -0.113. The lowest BCUT2D eigenvalue weighted by Crippen LogP contribution is -2.13. The van der Waals surface area contributed by atoms with Crippen LogP contribution >= 0.6 is 23.1 Å². The summed E-state index contributed by atoms with van der Waals surface area (Å²) in [5.74, 6) is 0.317. The standard InChI is InChI=1S/C17H13N3OS2/c21-16(20-17-19-13-7-3-4-8-14(13)23-17)10-22-15-9-18-12-6-2-1-5-11(12)15/h1-9,18H,10H2,(H,19,20,21). The molecule has 0 spiro atoms. The molecular weight excluding hydrogens is 326 g/mol. The van der Waals surface area contributed by atoms with Gasteiger partial charge in [0.25, 0.3) is 0 Å². The Kier molecular flexibility index (Phi) is 3.77. The minimum absolute atomic E-state index is 0.0423. The van der Waals surface area contributed by atoms with Crippen LogP contribution < -0.4 is 5.32 Å². The van der Waals surface area contributed by atoms with Crippen LogP contribution in [0.2, 0.25) is 0 Å². The van der Waals surface area contributed by atoms with E-state index in [1.54, 1.807) is 0 Å². The molecule has 0 fully saturated rings. The number of hydrogen-bond acceptors (Lipinski definition) is 4. The lowest BCUT2D eigenvalue weighted by atomic mass is 10.2. The molecule has 23 heavy (non-hydrogen) atoms. The number of carbonyl (C=O) groups excluding carboxylic acids is 1. The Hall–Kier alpha value is -2.31. The van der Waals surface area contributed by atoms with E-state index in [1.165, 1.54) is 23.1 Å². The van der Waals surface area contributed by atoms with Crippen LogP contribution in [0, 0.1) is 0 Å². The number of amides is 1. The Morgan fingerprint density at radius 2 is 2.00 bits per heavy atom. The van der Waals surface area contributed by atoms with E-state index in [2.05, 4.69) is 21.4 Å². The number of benzene rings is 2. The van der Waals surface area contributed by atoms with E-state index < -0.39 is 0 Å². The van der Waals surface area contributed by atoms with Crippen molar-refractivity contribution in [3.63, 3.8) is 0 Å². The third kappa shape index (κ3) is 2.95. The summed E-state index contributed by atoms with van der Waals surface area (Å²) >= 11 is 3.02. The second-order valence-corrected chi connectivity index (χ2v) is 7.07. The molecule has 0 bridgehead atoms. The number of H-pyrrole nitrogens is 1. The van der Waals surface area contributed by atoms with Gasteiger partial charge in [0.05, 0.1) is 16.0 Å². The Bertz CT molecular complexity index is 957. The van der Waals surface area contributed by atoms with Crippen LogP contribution in [-0.4, -0.2) is 21.6 Å². The average Bonchev–Trinajstić information content (AvgIpc) is 3.16.